The van der Waals surface area contributed by atoms with E-state index in [1.54, 1.807) is 43.3 Å². The Labute approximate surface area is 176 Å². The summed E-state index contributed by atoms with van der Waals surface area (Å²) in [5.74, 6) is -0.219. The van der Waals surface area contributed by atoms with Crippen LogP contribution in [0.5, 0.6) is 5.75 Å². The van der Waals surface area contributed by atoms with Crippen LogP contribution in [0.2, 0.25) is 0 Å². The summed E-state index contributed by atoms with van der Waals surface area (Å²) in [6, 6.07) is 24.1. The number of hydrogen-bond acceptors (Lipinski definition) is 4. The summed E-state index contributed by atoms with van der Waals surface area (Å²) in [4.78, 5) is 24.6. The van der Waals surface area contributed by atoms with E-state index >= 15 is 0 Å². The Bertz CT molecular complexity index is 966. The van der Waals surface area contributed by atoms with Crippen molar-refractivity contribution in [2.24, 2.45) is 0 Å². The average molecular weight is 403 g/mol. The van der Waals surface area contributed by atoms with Crippen molar-refractivity contribution in [1.82, 2.24) is 0 Å². The molecule has 0 fully saturated rings. The van der Waals surface area contributed by atoms with Gasteiger partial charge in [-0.15, -0.1) is 0 Å². The molecule has 3 rings (SSSR count). The fourth-order valence-electron chi connectivity index (χ4n) is 2.78. The van der Waals surface area contributed by atoms with Crippen LogP contribution in [0, 0.1) is 0 Å². The minimum atomic E-state index is -0.919. The van der Waals surface area contributed by atoms with Crippen molar-refractivity contribution in [3.05, 3.63) is 95.6 Å². The number of rotatable bonds is 8. The maximum absolute atomic E-state index is 12.4. The van der Waals surface area contributed by atoms with Crippen molar-refractivity contribution in [3.8, 4) is 5.75 Å². The third-order valence-corrected chi connectivity index (χ3v) is 4.62. The topological polar surface area (TPSA) is 64.6 Å². The van der Waals surface area contributed by atoms with Crippen LogP contribution >= 0.6 is 0 Å². The lowest BCUT2D eigenvalue weighted by molar-refractivity contribution is -0.123. The van der Waals surface area contributed by atoms with E-state index in [0.29, 0.717) is 23.6 Å². The molecule has 0 unspecified atom stereocenters. The standard InChI is InChI=1S/C25H25NO4/c1-3-19-9-11-21(12-10-19)25(28)30-18(2)24(27)26-22-13-15-23(16-14-22)29-17-20-7-5-4-6-8-20/h4-16,18H,3,17H2,1-2H3,(H,26,27)/t18-/m1/s1. The van der Waals surface area contributed by atoms with Crippen LogP contribution in [-0.2, 0) is 22.6 Å². The van der Waals surface area contributed by atoms with E-state index in [1.807, 2.05) is 49.4 Å². The molecule has 154 valence electrons. The molecule has 0 saturated carbocycles. The molecule has 1 amide bonds. The minimum absolute atomic E-state index is 0.397. The van der Waals surface area contributed by atoms with Gasteiger partial charge in [-0.2, -0.15) is 0 Å². The molecule has 1 N–H and O–H groups in total. The molecular weight excluding hydrogens is 378 g/mol. The van der Waals surface area contributed by atoms with Gasteiger partial charge in [0.25, 0.3) is 5.91 Å². The second-order valence-corrected chi connectivity index (χ2v) is 6.89. The lowest BCUT2D eigenvalue weighted by atomic mass is 10.1. The summed E-state index contributed by atoms with van der Waals surface area (Å²) in [5.41, 5.74) is 3.23. The Morgan fingerprint density at radius 3 is 2.17 bits per heavy atom. The first-order valence-electron chi connectivity index (χ1n) is 9.92. The SMILES string of the molecule is CCc1ccc(C(=O)O[C@H](C)C(=O)Nc2ccc(OCc3ccccc3)cc2)cc1. The van der Waals surface area contributed by atoms with Gasteiger partial charge in [0.15, 0.2) is 6.10 Å². The molecule has 0 spiro atoms. The summed E-state index contributed by atoms with van der Waals surface area (Å²) in [7, 11) is 0. The second kappa shape index (κ2) is 10.3. The highest BCUT2D eigenvalue weighted by Crippen LogP contribution is 2.18. The molecule has 0 aromatic heterocycles. The number of aryl methyl sites for hydroxylation is 1. The molecule has 30 heavy (non-hydrogen) atoms. The van der Waals surface area contributed by atoms with Gasteiger partial charge in [0.05, 0.1) is 5.56 Å². The number of ether oxygens (including phenoxy) is 2. The predicted octanol–water partition coefficient (Wildman–Crippen LogP) is 5.01. The number of benzene rings is 3. The molecule has 5 heteroatoms. The molecule has 0 aliphatic carbocycles. The first-order valence-corrected chi connectivity index (χ1v) is 9.92. The third-order valence-electron chi connectivity index (χ3n) is 4.62. The number of esters is 1. The van der Waals surface area contributed by atoms with E-state index in [2.05, 4.69) is 5.32 Å². The number of anilines is 1. The van der Waals surface area contributed by atoms with Crippen LogP contribution in [0.15, 0.2) is 78.9 Å². The Morgan fingerprint density at radius 1 is 0.867 bits per heavy atom. The maximum Gasteiger partial charge on any atom is 0.338 e. The second-order valence-electron chi connectivity index (χ2n) is 6.89. The zero-order valence-corrected chi connectivity index (χ0v) is 17.1. The summed E-state index contributed by atoms with van der Waals surface area (Å²) in [6.45, 7) is 4.06. The number of nitrogens with one attached hydrogen (secondary N) is 1. The molecule has 0 heterocycles. The van der Waals surface area contributed by atoms with Gasteiger partial charge in [-0.25, -0.2) is 4.79 Å². The lowest BCUT2D eigenvalue weighted by Crippen LogP contribution is -2.30. The zero-order chi connectivity index (χ0) is 21.3. The minimum Gasteiger partial charge on any atom is -0.489 e. The Balaban J connectivity index is 1.49. The van der Waals surface area contributed by atoms with Gasteiger partial charge in [0.2, 0.25) is 0 Å². The zero-order valence-electron chi connectivity index (χ0n) is 17.1. The number of amides is 1. The average Bonchev–Trinajstić information content (AvgIpc) is 2.79. The van der Waals surface area contributed by atoms with Gasteiger partial charge < -0.3 is 14.8 Å². The fourth-order valence-corrected chi connectivity index (χ4v) is 2.78. The molecule has 5 nitrogen and oxygen atoms in total. The van der Waals surface area contributed by atoms with Crippen molar-refractivity contribution in [2.45, 2.75) is 33.0 Å². The summed E-state index contributed by atoms with van der Waals surface area (Å²) in [6.07, 6.45) is -0.0260. The first-order chi connectivity index (χ1) is 14.5. The summed E-state index contributed by atoms with van der Waals surface area (Å²) < 4.78 is 11.0. The van der Waals surface area contributed by atoms with Crippen molar-refractivity contribution in [3.63, 3.8) is 0 Å². The third kappa shape index (κ3) is 5.95. The predicted molar refractivity (Wildman–Crippen MR) is 117 cm³/mol. The summed E-state index contributed by atoms with van der Waals surface area (Å²) in [5, 5.41) is 2.75. The van der Waals surface area contributed by atoms with E-state index in [4.69, 9.17) is 9.47 Å². The highest BCUT2D eigenvalue weighted by Gasteiger charge is 2.19. The Morgan fingerprint density at radius 2 is 1.53 bits per heavy atom. The molecule has 3 aromatic carbocycles. The maximum atomic E-state index is 12.4. The highest BCUT2D eigenvalue weighted by atomic mass is 16.5. The van der Waals surface area contributed by atoms with Crippen LogP contribution in [0.1, 0.15) is 35.3 Å². The van der Waals surface area contributed by atoms with Gasteiger partial charge in [-0.1, -0.05) is 49.4 Å². The molecular formula is C25H25NO4. The first kappa shape index (κ1) is 21.1. The molecule has 0 aliphatic rings. The van der Waals surface area contributed by atoms with Crippen molar-refractivity contribution in [2.75, 3.05) is 5.32 Å². The highest BCUT2D eigenvalue weighted by molar-refractivity contribution is 5.97. The Hall–Kier alpha value is -3.60. The van der Waals surface area contributed by atoms with Crippen molar-refractivity contribution >= 4 is 17.6 Å². The van der Waals surface area contributed by atoms with E-state index in [-0.39, 0.29) is 0 Å². The smallest absolute Gasteiger partial charge is 0.338 e. The number of hydrogen-bond donors (Lipinski definition) is 1. The molecule has 1 atom stereocenters. The summed E-state index contributed by atoms with van der Waals surface area (Å²) >= 11 is 0. The monoisotopic (exact) mass is 403 g/mol. The van der Waals surface area contributed by atoms with Crippen LogP contribution in [0.25, 0.3) is 0 Å². The van der Waals surface area contributed by atoms with Gasteiger partial charge in [0.1, 0.15) is 12.4 Å². The van der Waals surface area contributed by atoms with E-state index in [1.165, 1.54) is 0 Å². The Kier molecular flexibility index (Phi) is 7.22. The van der Waals surface area contributed by atoms with E-state index < -0.39 is 18.0 Å². The molecule has 0 saturated heterocycles. The van der Waals surface area contributed by atoms with Gasteiger partial charge >= 0.3 is 5.97 Å². The van der Waals surface area contributed by atoms with Crippen LogP contribution in [0.3, 0.4) is 0 Å². The van der Waals surface area contributed by atoms with Crippen LogP contribution in [0.4, 0.5) is 5.69 Å². The van der Waals surface area contributed by atoms with Crippen molar-refractivity contribution in [1.29, 1.82) is 0 Å². The van der Waals surface area contributed by atoms with E-state index in [9.17, 15) is 9.59 Å². The number of carbonyl (C=O) groups is 2. The molecule has 0 radical (unpaired) electrons. The van der Waals surface area contributed by atoms with Gasteiger partial charge in [-0.3, -0.25) is 4.79 Å². The molecule has 0 bridgehead atoms. The quantitative estimate of drug-likeness (QED) is 0.537. The van der Waals surface area contributed by atoms with E-state index in [0.717, 1.165) is 17.5 Å². The number of carbonyl (C=O) groups excluding carboxylic acids is 2. The fraction of sp³-hybridized carbons (Fsp3) is 0.200. The van der Waals surface area contributed by atoms with Gasteiger partial charge in [0, 0.05) is 5.69 Å². The van der Waals surface area contributed by atoms with Gasteiger partial charge in [-0.05, 0) is 60.9 Å². The lowest BCUT2D eigenvalue weighted by Gasteiger charge is -2.14. The van der Waals surface area contributed by atoms with Crippen LogP contribution in [-0.4, -0.2) is 18.0 Å². The molecule has 0 aliphatic heterocycles. The molecule has 3 aromatic rings. The van der Waals surface area contributed by atoms with Crippen molar-refractivity contribution < 1.29 is 19.1 Å². The van der Waals surface area contributed by atoms with Crippen LogP contribution < -0.4 is 10.1 Å². The largest absolute Gasteiger partial charge is 0.489 e. The normalized spacial score (nSPS) is 11.4.